The van der Waals surface area contributed by atoms with Crippen molar-refractivity contribution in [3.8, 4) is 0 Å². The summed E-state index contributed by atoms with van der Waals surface area (Å²) >= 11 is 0. The molecular weight excluding hydrogens is 364 g/mol. The molecule has 2 unspecified atom stereocenters. The number of allylic oxidation sites excluding steroid dienone is 2. The van der Waals surface area contributed by atoms with E-state index in [1.54, 1.807) is 0 Å². The predicted octanol–water partition coefficient (Wildman–Crippen LogP) is 6.72. The Bertz CT molecular complexity index is 834. The lowest BCUT2D eigenvalue weighted by Crippen LogP contribution is -2.31. The second-order valence-electron chi connectivity index (χ2n) is 7.38. The molecule has 0 nitrogen and oxygen atoms in total. The van der Waals surface area contributed by atoms with Gasteiger partial charge in [-0.2, -0.15) is 0 Å². The van der Waals surface area contributed by atoms with Crippen LogP contribution in [0.3, 0.4) is 0 Å². The van der Waals surface area contributed by atoms with Gasteiger partial charge in [0.25, 0.3) is 0 Å². The number of hydrogen-bond acceptors (Lipinski definition) is 0. The van der Waals surface area contributed by atoms with Crippen molar-refractivity contribution in [3.63, 3.8) is 0 Å². The van der Waals surface area contributed by atoms with Gasteiger partial charge < -0.3 is 0 Å². The Kier molecular flexibility index (Phi) is 5.22. The fraction of sp³-hybridized carbons (Fsp3) is 0.318. The average molecular weight is 388 g/mol. The highest BCUT2D eigenvalue weighted by Crippen LogP contribution is 2.53. The van der Waals surface area contributed by atoms with Crippen LogP contribution in [0.25, 0.3) is 0 Å². The summed E-state index contributed by atoms with van der Waals surface area (Å²) in [5.74, 6) is -0.497. The van der Waals surface area contributed by atoms with Gasteiger partial charge in [-0.05, 0) is 80.4 Å². The maximum Gasteiger partial charge on any atom is 0.123 e. The van der Waals surface area contributed by atoms with Gasteiger partial charge in [0.2, 0.25) is 0 Å². The second kappa shape index (κ2) is 6.99. The van der Waals surface area contributed by atoms with Gasteiger partial charge in [-0.1, -0.05) is 38.0 Å². The molecule has 26 heavy (non-hydrogen) atoms. The van der Waals surface area contributed by atoms with Crippen LogP contribution in [0, 0.1) is 11.6 Å². The Labute approximate surface area is 158 Å². The zero-order valence-electron chi connectivity index (χ0n) is 15.6. The molecule has 0 saturated carbocycles. The first-order valence-corrected chi connectivity index (χ1v) is 10.2. The molecule has 3 rings (SSSR count). The lowest BCUT2D eigenvalue weighted by molar-refractivity contribution is 0.562. The van der Waals surface area contributed by atoms with Crippen LogP contribution in [-0.2, 0) is 5.16 Å². The Morgan fingerprint density at radius 3 is 1.65 bits per heavy atom. The molecule has 0 spiro atoms. The molecule has 0 aromatic heterocycles. The summed E-state index contributed by atoms with van der Waals surface area (Å²) in [7, 11) is 4.29. The van der Waals surface area contributed by atoms with Crippen molar-refractivity contribution in [3.05, 3.63) is 82.4 Å². The fourth-order valence-corrected chi connectivity index (χ4v) is 6.50. The molecule has 1 aliphatic heterocycles. The topological polar surface area (TPSA) is 0 Å². The monoisotopic (exact) mass is 388 g/mol. The normalized spacial score (nSPS) is 21.1. The smallest absolute Gasteiger partial charge is 0.123 e. The van der Waals surface area contributed by atoms with Crippen molar-refractivity contribution >= 4 is 22.7 Å². The summed E-state index contributed by atoms with van der Waals surface area (Å²) in [6.07, 6.45) is 0.837. The van der Waals surface area contributed by atoms with Gasteiger partial charge in [-0.25, -0.2) is 8.78 Å². The Hall–Kier alpha value is -1.36. The van der Waals surface area contributed by atoms with E-state index in [1.807, 2.05) is 24.3 Å². The SMILES string of the molecule is CC1=PC(C)(CC(P)(c2ccc(F)cc2)c2ccc(F)cc2)C(C)=C1C. The van der Waals surface area contributed by atoms with Crippen molar-refractivity contribution in [2.75, 3.05) is 0 Å². The van der Waals surface area contributed by atoms with Crippen LogP contribution in [0.15, 0.2) is 59.7 Å². The van der Waals surface area contributed by atoms with Crippen LogP contribution < -0.4 is 0 Å². The van der Waals surface area contributed by atoms with Crippen LogP contribution in [0.5, 0.6) is 0 Å². The van der Waals surface area contributed by atoms with Crippen LogP contribution >= 0.6 is 17.4 Å². The van der Waals surface area contributed by atoms with E-state index in [0.29, 0.717) is 0 Å². The van der Waals surface area contributed by atoms with E-state index < -0.39 is 5.16 Å². The minimum Gasteiger partial charge on any atom is -0.207 e. The summed E-state index contributed by atoms with van der Waals surface area (Å²) in [5.41, 5.74) is 4.80. The first-order valence-electron chi connectivity index (χ1n) is 8.71. The minimum atomic E-state index is -0.421. The quantitative estimate of drug-likeness (QED) is 0.510. The molecule has 1 heterocycles. The van der Waals surface area contributed by atoms with E-state index >= 15 is 0 Å². The lowest BCUT2D eigenvalue weighted by Gasteiger charge is -2.38. The first kappa shape index (κ1) is 19.4. The van der Waals surface area contributed by atoms with E-state index in [4.69, 9.17) is 0 Å². The van der Waals surface area contributed by atoms with Crippen molar-refractivity contribution < 1.29 is 8.78 Å². The van der Waals surface area contributed by atoms with Crippen molar-refractivity contribution in [1.29, 1.82) is 0 Å². The molecule has 0 aliphatic carbocycles. The largest absolute Gasteiger partial charge is 0.207 e. The van der Waals surface area contributed by atoms with Gasteiger partial charge in [0.1, 0.15) is 11.6 Å². The summed E-state index contributed by atoms with van der Waals surface area (Å²) < 4.78 is 27.0. The van der Waals surface area contributed by atoms with Gasteiger partial charge in [0.05, 0.1) is 0 Å². The summed E-state index contributed by atoms with van der Waals surface area (Å²) in [6.45, 7) is 8.87. The molecule has 0 saturated heterocycles. The molecule has 0 radical (unpaired) electrons. The van der Waals surface area contributed by atoms with Gasteiger partial charge in [-0.3, -0.25) is 0 Å². The zero-order valence-corrected chi connectivity index (χ0v) is 17.7. The highest BCUT2D eigenvalue weighted by molar-refractivity contribution is 7.44. The van der Waals surface area contributed by atoms with E-state index in [9.17, 15) is 8.78 Å². The molecule has 2 atom stereocenters. The molecule has 0 amide bonds. The summed E-state index contributed by atoms with van der Waals surface area (Å²) in [4.78, 5) is 0. The third-order valence-corrected chi connectivity index (χ3v) is 8.20. The van der Waals surface area contributed by atoms with Crippen molar-refractivity contribution in [1.82, 2.24) is 0 Å². The first-order chi connectivity index (χ1) is 12.2. The van der Waals surface area contributed by atoms with Crippen LogP contribution in [0.2, 0.25) is 0 Å². The highest BCUT2D eigenvalue weighted by atomic mass is 31.1. The molecule has 2 aromatic rings. The Morgan fingerprint density at radius 1 is 0.885 bits per heavy atom. The van der Waals surface area contributed by atoms with Crippen LogP contribution in [0.1, 0.15) is 45.2 Å². The molecular formula is C22H24F2P2. The Balaban J connectivity index is 2.13. The lowest BCUT2D eigenvalue weighted by atomic mass is 9.79. The van der Waals surface area contributed by atoms with Crippen molar-refractivity contribution in [2.45, 2.75) is 44.4 Å². The predicted molar refractivity (Wildman–Crippen MR) is 112 cm³/mol. The minimum absolute atomic E-state index is 0.0152. The summed E-state index contributed by atoms with van der Waals surface area (Å²) in [5, 5.41) is 0.962. The van der Waals surface area contributed by atoms with E-state index in [-0.39, 0.29) is 16.8 Å². The maximum absolute atomic E-state index is 13.5. The molecule has 136 valence electrons. The van der Waals surface area contributed by atoms with Crippen LogP contribution in [-0.4, -0.2) is 10.4 Å². The van der Waals surface area contributed by atoms with Gasteiger partial charge >= 0.3 is 0 Å². The van der Waals surface area contributed by atoms with Gasteiger partial charge in [0, 0.05) is 10.3 Å². The summed E-state index contributed by atoms with van der Waals surface area (Å²) in [6, 6.07) is 13.3. The van der Waals surface area contributed by atoms with Crippen LogP contribution in [0.4, 0.5) is 8.78 Å². The number of halogens is 2. The maximum atomic E-state index is 13.5. The molecule has 1 aliphatic rings. The highest BCUT2D eigenvalue weighted by Gasteiger charge is 2.41. The number of rotatable bonds is 4. The Morgan fingerprint density at radius 2 is 1.31 bits per heavy atom. The van der Waals surface area contributed by atoms with E-state index in [0.717, 1.165) is 17.5 Å². The van der Waals surface area contributed by atoms with Crippen molar-refractivity contribution in [2.24, 2.45) is 0 Å². The van der Waals surface area contributed by atoms with E-state index in [2.05, 4.69) is 36.9 Å². The molecule has 0 bridgehead atoms. The third kappa shape index (κ3) is 3.42. The third-order valence-electron chi connectivity index (χ3n) is 5.67. The molecule has 0 N–H and O–H groups in total. The van der Waals surface area contributed by atoms with E-state index in [1.165, 1.54) is 48.9 Å². The zero-order chi connectivity index (χ0) is 19.1. The fourth-order valence-electron chi connectivity index (χ4n) is 3.79. The molecule has 0 fully saturated rings. The second-order valence-corrected chi connectivity index (χ2v) is 10.3. The van der Waals surface area contributed by atoms with Gasteiger partial charge in [0.15, 0.2) is 0 Å². The van der Waals surface area contributed by atoms with Gasteiger partial charge in [-0.15, -0.1) is 9.24 Å². The standard InChI is InChI=1S/C22H24F2P2/c1-14-15(2)21(4,26-16(14)3)13-22(25,17-5-9-19(23)10-6-17)18-7-11-20(24)12-8-18/h5-12H,13,25H2,1-4H3. The average Bonchev–Trinajstić information content (AvgIpc) is 2.78. The molecule has 2 aromatic carbocycles. The molecule has 4 heteroatoms. The number of benzene rings is 2. The number of hydrogen-bond donors (Lipinski definition) is 0.